The number of oxime groups is 1. The Labute approximate surface area is 105 Å². The van der Waals surface area contributed by atoms with Gasteiger partial charge in [0.25, 0.3) is 0 Å². The fraction of sp³-hybridized carbons (Fsp3) is 0.417. The SMILES string of the molecule is CCCCCSc1ccc(/C(N)=N/O)cc1F. The monoisotopic (exact) mass is 256 g/mol. The van der Waals surface area contributed by atoms with Crippen molar-refractivity contribution in [3.05, 3.63) is 29.6 Å². The zero-order valence-corrected chi connectivity index (χ0v) is 10.6. The van der Waals surface area contributed by atoms with E-state index < -0.39 is 0 Å². The van der Waals surface area contributed by atoms with Crippen LogP contribution in [-0.4, -0.2) is 16.8 Å². The van der Waals surface area contributed by atoms with E-state index in [9.17, 15) is 4.39 Å². The van der Waals surface area contributed by atoms with Crippen LogP contribution in [0, 0.1) is 5.82 Å². The molecule has 0 aliphatic carbocycles. The van der Waals surface area contributed by atoms with Gasteiger partial charge in [-0.25, -0.2) is 4.39 Å². The highest BCUT2D eigenvalue weighted by atomic mass is 32.2. The number of benzene rings is 1. The second-order valence-corrected chi connectivity index (χ2v) is 4.82. The van der Waals surface area contributed by atoms with E-state index in [0.717, 1.165) is 25.0 Å². The summed E-state index contributed by atoms with van der Waals surface area (Å²) in [6, 6.07) is 4.61. The van der Waals surface area contributed by atoms with Gasteiger partial charge in [-0.3, -0.25) is 0 Å². The van der Waals surface area contributed by atoms with Crippen molar-refractivity contribution in [3.8, 4) is 0 Å². The van der Waals surface area contributed by atoms with Crippen molar-refractivity contribution in [2.45, 2.75) is 31.1 Å². The minimum absolute atomic E-state index is 0.0774. The van der Waals surface area contributed by atoms with Gasteiger partial charge in [0, 0.05) is 10.5 Å². The summed E-state index contributed by atoms with van der Waals surface area (Å²) < 4.78 is 13.6. The Morgan fingerprint density at radius 3 is 2.82 bits per heavy atom. The van der Waals surface area contributed by atoms with Crippen LogP contribution in [0.15, 0.2) is 28.3 Å². The molecule has 0 aliphatic heterocycles. The van der Waals surface area contributed by atoms with Crippen molar-refractivity contribution < 1.29 is 9.60 Å². The smallest absolute Gasteiger partial charge is 0.170 e. The van der Waals surface area contributed by atoms with Gasteiger partial charge < -0.3 is 10.9 Å². The molecule has 0 saturated heterocycles. The van der Waals surface area contributed by atoms with Crippen LogP contribution < -0.4 is 5.73 Å². The number of rotatable bonds is 6. The molecule has 0 radical (unpaired) electrons. The van der Waals surface area contributed by atoms with E-state index in [2.05, 4.69) is 12.1 Å². The third-order valence-electron chi connectivity index (χ3n) is 2.34. The lowest BCUT2D eigenvalue weighted by Gasteiger charge is -2.05. The van der Waals surface area contributed by atoms with Crippen molar-refractivity contribution in [1.29, 1.82) is 0 Å². The summed E-state index contributed by atoms with van der Waals surface area (Å²) in [5.41, 5.74) is 5.77. The Balaban J connectivity index is 2.63. The largest absolute Gasteiger partial charge is 0.409 e. The quantitative estimate of drug-likeness (QED) is 0.205. The van der Waals surface area contributed by atoms with Crippen molar-refractivity contribution in [2.75, 3.05) is 5.75 Å². The Kier molecular flexibility index (Phi) is 5.83. The van der Waals surface area contributed by atoms with E-state index in [1.54, 1.807) is 12.1 Å². The van der Waals surface area contributed by atoms with Crippen molar-refractivity contribution in [1.82, 2.24) is 0 Å². The van der Waals surface area contributed by atoms with Gasteiger partial charge in [0.05, 0.1) is 0 Å². The molecule has 3 N–H and O–H groups in total. The maximum absolute atomic E-state index is 13.6. The van der Waals surface area contributed by atoms with Crippen LogP contribution in [-0.2, 0) is 0 Å². The molecule has 0 spiro atoms. The highest BCUT2D eigenvalue weighted by Crippen LogP contribution is 2.23. The second-order valence-electron chi connectivity index (χ2n) is 3.69. The van der Waals surface area contributed by atoms with Gasteiger partial charge in [0.1, 0.15) is 5.82 Å². The van der Waals surface area contributed by atoms with Crippen LogP contribution in [0.5, 0.6) is 0 Å². The van der Waals surface area contributed by atoms with E-state index >= 15 is 0 Å². The molecule has 94 valence electrons. The minimum Gasteiger partial charge on any atom is -0.409 e. The maximum Gasteiger partial charge on any atom is 0.170 e. The normalized spacial score (nSPS) is 11.8. The van der Waals surface area contributed by atoms with Crippen LogP contribution in [0.2, 0.25) is 0 Å². The first-order chi connectivity index (χ1) is 8.19. The lowest BCUT2D eigenvalue weighted by atomic mass is 10.2. The molecule has 1 aromatic carbocycles. The molecule has 1 rings (SSSR count). The van der Waals surface area contributed by atoms with Gasteiger partial charge in [-0.1, -0.05) is 24.9 Å². The summed E-state index contributed by atoms with van der Waals surface area (Å²) in [5.74, 6) is 0.509. The van der Waals surface area contributed by atoms with E-state index in [1.807, 2.05) is 0 Å². The van der Waals surface area contributed by atoms with E-state index in [0.29, 0.717) is 10.5 Å². The summed E-state index contributed by atoms with van der Waals surface area (Å²) in [6.45, 7) is 2.14. The van der Waals surface area contributed by atoms with Gasteiger partial charge in [-0.2, -0.15) is 0 Å². The van der Waals surface area contributed by atoms with Gasteiger partial charge in [-0.15, -0.1) is 11.8 Å². The molecule has 0 fully saturated rings. The molecular weight excluding hydrogens is 239 g/mol. The molecule has 0 aromatic heterocycles. The number of nitrogens with two attached hydrogens (primary N) is 1. The Bertz CT molecular complexity index is 396. The molecule has 1 aromatic rings. The molecule has 17 heavy (non-hydrogen) atoms. The Morgan fingerprint density at radius 1 is 1.47 bits per heavy atom. The Morgan fingerprint density at radius 2 is 2.24 bits per heavy atom. The van der Waals surface area contributed by atoms with E-state index in [1.165, 1.54) is 17.8 Å². The highest BCUT2D eigenvalue weighted by molar-refractivity contribution is 7.99. The molecule has 0 unspecified atom stereocenters. The fourth-order valence-electron chi connectivity index (χ4n) is 1.37. The van der Waals surface area contributed by atoms with Crippen LogP contribution >= 0.6 is 11.8 Å². The number of hydrogen-bond donors (Lipinski definition) is 2. The average Bonchev–Trinajstić information content (AvgIpc) is 2.35. The molecule has 0 bridgehead atoms. The third kappa shape index (κ3) is 4.26. The fourth-order valence-corrected chi connectivity index (χ4v) is 2.30. The minimum atomic E-state index is -0.324. The number of unbranched alkanes of at least 4 members (excludes halogenated alkanes) is 2. The summed E-state index contributed by atoms with van der Waals surface area (Å²) in [4.78, 5) is 0.607. The number of hydrogen-bond acceptors (Lipinski definition) is 3. The lowest BCUT2D eigenvalue weighted by molar-refractivity contribution is 0.318. The van der Waals surface area contributed by atoms with Gasteiger partial charge in [0.2, 0.25) is 0 Å². The standard InChI is InChI=1S/C12H17FN2OS/c1-2-3-4-7-17-11-6-5-9(8-10(11)13)12(14)15-16/h5-6,8,16H,2-4,7H2,1H3,(H2,14,15). The number of thioether (sulfide) groups is 1. The molecule has 0 atom stereocenters. The van der Waals surface area contributed by atoms with Crippen molar-refractivity contribution in [2.24, 2.45) is 10.9 Å². The van der Waals surface area contributed by atoms with Gasteiger partial charge >= 0.3 is 0 Å². The second kappa shape index (κ2) is 7.17. The summed E-state index contributed by atoms with van der Waals surface area (Å²) >= 11 is 1.50. The van der Waals surface area contributed by atoms with Crippen LogP contribution in [0.4, 0.5) is 4.39 Å². The lowest BCUT2D eigenvalue weighted by Crippen LogP contribution is -2.13. The molecule has 0 aliphatic rings. The van der Waals surface area contributed by atoms with Gasteiger partial charge in [0.15, 0.2) is 5.84 Å². The van der Waals surface area contributed by atoms with Crippen molar-refractivity contribution >= 4 is 17.6 Å². The molecule has 5 heteroatoms. The predicted molar refractivity (Wildman–Crippen MR) is 69.2 cm³/mol. The number of amidine groups is 1. The molecule has 0 saturated carbocycles. The molecule has 0 amide bonds. The summed E-state index contributed by atoms with van der Waals surface area (Å²) in [5, 5.41) is 11.3. The topological polar surface area (TPSA) is 58.6 Å². The zero-order valence-electron chi connectivity index (χ0n) is 9.82. The average molecular weight is 256 g/mol. The molecular formula is C12H17FN2OS. The first-order valence-electron chi connectivity index (χ1n) is 5.59. The van der Waals surface area contributed by atoms with Crippen LogP contribution in [0.3, 0.4) is 0 Å². The maximum atomic E-state index is 13.6. The van der Waals surface area contributed by atoms with Crippen molar-refractivity contribution in [3.63, 3.8) is 0 Å². The number of nitrogens with zero attached hydrogens (tertiary/aromatic N) is 1. The summed E-state index contributed by atoms with van der Waals surface area (Å²) in [7, 11) is 0. The molecule has 3 nitrogen and oxygen atoms in total. The molecule has 0 heterocycles. The summed E-state index contributed by atoms with van der Waals surface area (Å²) in [6.07, 6.45) is 3.41. The van der Waals surface area contributed by atoms with Crippen LogP contribution in [0.25, 0.3) is 0 Å². The first kappa shape index (κ1) is 13.8. The highest BCUT2D eigenvalue weighted by Gasteiger charge is 2.06. The van der Waals surface area contributed by atoms with E-state index in [4.69, 9.17) is 10.9 Å². The number of halogens is 1. The zero-order chi connectivity index (χ0) is 12.7. The predicted octanol–water partition coefficient (Wildman–Crippen LogP) is 3.20. The van der Waals surface area contributed by atoms with Gasteiger partial charge in [-0.05, 0) is 30.4 Å². The van der Waals surface area contributed by atoms with E-state index in [-0.39, 0.29) is 11.7 Å². The van der Waals surface area contributed by atoms with Crippen LogP contribution in [0.1, 0.15) is 31.7 Å². The Hall–Kier alpha value is -1.23. The third-order valence-corrected chi connectivity index (χ3v) is 3.48. The first-order valence-corrected chi connectivity index (χ1v) is 6.57.